The summed E-state index contributed by atoms with van der Waals surface area (Å²) in [7, 11) is 0. The molecule has 0 fully saturated rings. The maximum absolute atomic E-state index is 11.6. The lowest BCUT2D eigenvalue weighted by Gasteiger charge is -2.15. The van der Waals surface area contributed by atoms with E-state index in [1.54, 1.807) is 0 Å². The third-order valence-electron chi connectivity index (χ3n) is 3.43. The number of carbonyl (C=O) groups is 2. The molecular formula is C18H34O4. The molecule has 4 heteroatoms. The van der Waals surface area contributed by atoms with Gasteiger partial charge in [-0.3, -0.25) is 9.59 Å². The van der Waals surface area contributed by atoms with Gasteiger partial charge in [-0.05, 0) is 25.7 Å². The Balaban J connectivity index is 3.54. The molecule has 0 amide bonds. The third-order valence-corrected chi connectivity index (χ3v) is 3.43. The minimum Gasteiger partial charge on any atom is -0.466 e. The van der Waals surface area contributed by atoms with Gasteiger partial charge in [0.1, 0.15) is 0 Å². The van der Waals surface area contributed by atoms with E-state index in [2.05, 4.69) is 20.8 Å². The van der Waals surface area contributed by atoms with Crippen LogP contribution < -0.4 is 0 Å². The Hall–Kier alpha value is -1.06. The van der Waals surface area contributed by atoms with Gasteiger partial charge in [-0.1, -0.05) is 52.9 Å². The second-order valence-corrected chi connectivity index (χ2v) is 6.42. The van der Waals surface area contributed by atoms with Gasteiger partial charge in [0.15, 0.2) is 0 Å². The van der Waals surface area contributed by atoms with Crippen molar-refractivity contribution >= 4 is 11.9 Å². The first-order chi connectivity index (χ1) is 10.5. The lowest BCUT2D eigenvalue weighted by Crippen LogP contribution is -2.18. The van der Waals surface area contributed by atoms with Crippen molar-refractivity contribution < 1.29 is 19.1 Å². The van der Waals surface area contributed by atoms with Gasteiger partial charge in [0.25, 0.3) is 0 Å². The third kappa shape index (κ3) is 13.9. The molecule has 0 aliphatic rings. The lowest BCUT2D eigenvalue weighted by molar-refractivity contribution is -0.153. The highest BCUT2D eigenvalue weighted by Gasteiger charge is 2.13. The first kappa shape index (κ1) is 20.9. The molecule has 22 heavy (non-hydrogen) atoms. The summed E-state index contributed by atoms with van der Waals surface area (Å²) in [4.78, 5) is 23.1. The SMILES string of the molecule is CCCCCCCCOC(=O)CCC(=O)OC(C)CC(C)C. The van der Waals surface area contributed by atoms with Crippen LogP contribution in [0.3, 0.4) is 0 Å². The fourth-order valence-corrected chi connectivity index (χ4v) is 2.34. The Morgan fingerprint density at radius 1 is 0.864 bits per heavy atom. The Bertz CT molecular complexity index is 299. The minimum atomic E-state index is -0.315. The van der Waals surface area contributed by atoms with Crippen molar-refractivity contribution in [1.29, 1.82) is 0 Å². The van der Waals surface area contributed by atoms with Crippen LogP contribution in [0, 0.1) is 5.92 Å². The number of rotatable bonds is 13. The van der Waals surface area contributed by atoms with E-state index in [0.717, 1.165) is 19.3 Å². The minimum absolute atomic E-state index is 0.0911. The summed E-state index contributed by atoms with van der Waals surface area (Å²) in [6.07, 6.45) is 7.95. The zero-order valence-electron chi connectivity index (χ0n) is 14.9. The molecular weight excluding hydrogens is 280 g/mol. The zero-order chi connectivity index (χ0) is 16.8. The first-order valence-electron chi connectivity index (χ1n) is 8.80. The van der Waals surface area contributed by atoms with Crippen molar-refractivity contribution in [2.45, 2.75) is 91.6 Å². The van der Waals surface area contributed by atoms with Crippen LogP contribution in [0.1, 0.15) is 85.5 Å². The zero-order valence-corrected chi connectivity index (χ0v) is 14.9. The highest BCUT2D eigenvalue weighted by Crippen LogP contribution is 2.09. The molecule has 0 rings (SSSR count). The smallest absolute Gasteiger partial charge is 0.306 e. The van der Waals surface area contributed by atoms with Gasteiger partial charge in [0.2, 0.25) is 0 Å². The molecule has 0 saturated heterocycles. The molecule has 4 nitrogen and oxygen atoms in total. The second kappa shape index (κ2) is 13.6. The van der Waals surface area contributed by atoms with Crippen LogP contribution in [0.5, 0.6) is 0 Å². The van der Waals surface area contributed by atoms with Crippen molar-refractivity contribution in [1.82, 2.24) is 0 Å². The monoisotopic (exact) mass is 314 g/mol. The number of hydrogen-bond acceptors (Lipinski definition) is 4. The summed E-state index contributed by atoms with van der Waals surface area (Å²) in [5, 5.41) is 0. The quantitative estimate of drug-likeness (QED) is 0.367. The number of hydrogen-bond donors (Lipinski definition) is 0. The number of ether oxygens (including phenoxy) is 2. The van der Waals surface area contributed by atoms with Crippen LogP contribution in [0.15, 0.2) is 0 Å². The van der Waals surface area contributed by atoms with Gasteiger partial charge in [0, 0.05) is 0 Å². The van der Waals surface area contributed by atoms with Crippen molar-refractivity contribution in [3.05, 3.63) is 0 Å². The fourth-order valence-electron chi connectivity index (χ4n) is 2.34. The van der Waals surface area contributed by atoms with Crippen LogP contribution >= 0.6 is 0 Å². The molecule has 0 spiro atoms. The summed E-state index contributed by atoms with van der Waals surface area (Å²) in [6.45, 7) is 8.71. The van der Waals surface area contributed by atoms with Crippen LogP contribution in [0.4, 0.5) is 0 Å². The van der Waals surface area contributed by atoms with Gasteiger partial charge in [-0.15, -0.1) is 0 Å². The topological polar surface area (TPSA) is 52.6 Å². The molecule has 0 radical (unpaired) electrons. The normalized spacial score (nSPS) is 12.2. The van der Waals surface area contributed by atoms with E-state index in [1.165, 1.54) is 25.7 Å². The van der Waals surface area contributed by atoms with Crippen molar-refractivity contribution in [2.24, 2.45) is 5.92 Å². The van der Waals surface area contributed by atoms with E-state index < -0.39 is 0 Å². The van der Waals surface area contributed by atoms with Crippen molar-refractivity contribution in [3.63, 3.8) is 0 Å². The number of esters is 2. The van der Waals surface area contributed by atoms with Gasteiger partial charge >= 0.3 is 11.9 Å². The van der Waals surface area contributed by atoms with Gasteiger partial charge in [0.05, 0.1) is 25.6 Å². The van der Waals surface area contributed by atoms with Gasteiger partial charge < -0.3 is 9.47 Å². The maximum Gasteiger partial charge on any atom is 0.306 e. The Morgan fingerprint density at radius 3 is 2.09 bits per heavy atom. The largest absolute Gasteiger partial charge is 0.466 e. The maximum atomic E-state index is 11.6. The first-order valence-corrected chi connectivity index (χ1v) is 8.80. The van der Waals surface area contributed by atoms with E-state index in [4.69, 9.17) is 9.47 Å². The highest BCUT2D eigenvalue weighted by molar-refractivity contribution is 5.77. The average Bonchev–Trinajstić information content (AvgIpc) is 2.43. The summed E-state index contributed by atoms with van der Waals surface area (Å²) in [5.41, 5.74) is 0. The Morgan fingerprint density at radius 2 is 1.45 bits per heavy atom. The summed E-state index contributed by atoms with van der Waals surface area (Å²) in [5.74, 6) is -0.128. The van der Waals surface area contributed by atoms with Crippen molar-refractivity contribution in [3.8, 4) is 0 Å². The van der Waals surface area contributed by atoms with E-state index in [-0.39, 0.29) is 30.9 Å². The molecule has 0 heterocycles. The molecule has 1 unspecified atom stereocenters. The van der Waals surface area contributed by atoms with E-state index in [1.807, 2.05) is 6.92 Å². The Kier molecular flexibility index (Phi) is 12.9. The molecule has 0 aliphatic heterocycles. The predicted octanol–water partition coefficient (Wildman–Crippen LogP) is 4.65. The van der Waals surface area contributed by atoms with Gasteiger partial charge in [-0.25, -0.2) is 0 Å². The summed E-state index contributed by atoms with van der Waals surface area (Å²) >= 11 is 0. The van der Waals surface area contributed by atoms with Crippen molar-refractivity contribution in [2.75, 3.05) is 6.61 Å². The van der Waals surface area contributed by atoms with Gasteiger partial charge in [-0.2, -0.15) is 0 Å². The lowest BCUT2D eigenvalue weighted by atomic mass is 10.1. The molecule has 1 atom stereocenters. The second-order valence-electron chi connectivity index (χ2n) is 6.42. The van der Waals surface area contributed by atoms with Crippen LogP contribution in [-0.2, 0) is 19.1 Å². The molecule has 0 N–H and O–H groups in total. The molecule has 0 aromatic rings. The molecule has 0 aromatic heterocycles. The molecule has 130 valence electrons. The molecule has 0 bridgehead atoms. The summed E-state index contributed by atoms with van der Waals surface area (Å²) < 4.78 is 10.4. The predicted molar refractivity (Wildman–Crippen MR) is 88.6 cm³/mol. The summed E-state index contributed by atoms with van der Waals surface area (Å²) in [6, 6.07) is 0. The number of unbranched alkanes of at least 4 members (excludes halogenated alkanes) is 5. The van der Waals surface area contributed by atoms with Crippen LogP contribution in [-0.4, -0.2) is 24.6 Å². The van der Waals surface area contributed by atoms with Crippen LogP contribution in [0.25, 0.3) is 0 Å². The molecule has 0 aromatic carbocycles. The van der Waals surface area contributed by atoms with E-state index in [0.29, 0.717) is 12.5 Å². The fraction of sp³-hybridized carbons (Fsp3) is 0.889. The molecule has 0 aliphatic carbocycles. The van der Waals surface area contributed by atoms with E-state index >= 15 is 0 Å². The molecule has 0 saturated carbocycles. The number of carbonyl (C=O) groups excluding carboxylic acids is 2. The standard InChI is InChI=1S/C18H34O4/c1-5-6-7-8-9-10-13-21-17(19)11-12-18(20)22-16(4)14-15(2)3/h15-16H,5-14H2,1-4H3. The van der Waals surface area contributed by atoms with E-state index in [9.17, 15) is 9.59 Å². The van der Waals surface area contributed by atoms with Crippen LogP contribution in [0.2, 0.25) is 0 Å². The highest BCUT2D eigenvalue weighted by atomic mass is 16.5. The Labute approximate surface area is 135 Å². The average molecular weight is 314 g/mol.